The van der Waals surface area contributed by atoms with Crippen molar-refractivity contribution in [3.8, 4) is 0 Å². The molecule has 0 aliphatic rings. The summed E-state index contributed by atoms with van der Waals surface area (Å²) in [4.78, 5) is 12.2. The van der Waals surface area contributed by atoms with Crippen LogP contribution in [-0.4, -0.2) is 17.8 Å². The molecule has 2 aromatic carbocycles. The molecule has 20 heavy (non-hydrogen) atoms. The molecule has 0 saturated heterocycles. The van der Waals surface area contributed by atoms with Gasteiger partial charge in [-0.15, -0.1) is 11.6 Å². The molecule has 0 aromatic heterocycles. The molecule has 0 saturated carbocycles. The first-order valence-electron chi connectivity index (χ1n) is 6.70. The van der Waals surface area contributed by atoms with Crippen molar-refractivity contribution >= 4 is 44.2 Å². The van der Waals surface area contributed by atoms with Gasteiger partial charge in [-0.05, 0) is 47.9 Å². The maximum Gasteiger partial charge on any atom is 0.251 e. The number of fused-ring (bicyclic) bond motifs is 1. The summed E-state index contributed by atoms with van der Waals surface area (Å²) >= 11 is 9.19. The molecule has 1 N–H and O–H groups in total. The van der Waals surface area contributed by atoms with Crippen molar-refractivity contribution < 1.29 is 4.79 Å². The topological polar surface area (TPSA) is 29.1 Å². The van der Waals surface area contributed by atoms with Gasteiger partial charge < -0.3 is 5.32 Å². The molecule has 0 heterocycles. The Kier molecular flexibility index (Phi) is 5.44. The number of nitrogens with one attached hydrogen (secondary N) is 1. The molecule has 2 rings (SSSR count). The highest BCUT2D eigenvalue weighted by Crippen LogP contribution is 2.21. The van der Waals surface area contributed by atoms with E-state index in [-0.39, 0.29) is 11.9 Å². The van der Waals surface area contributed by atoms with Crippen LogP contribution in [0.2, 0.25) is 0 Å². The maximum absolute atomic E-state index is 12.2. The molecule has 106 valence electrons. The zero-order valence-electron chi connectivity index (χ0n) is 11.3. The smallest absolute Gasteiger partial charge is 0.251 e. The number of alkyl halides is 1. The number of hydrogen-bond donors (Lipinski definition) is 1. The van der Waals surface area contributed by atoms with Crippen LogP contribution in [0, 0.1) is 0 Å². The summed E-state index contributed by atoms with van der Waals surface area (Å²) in [5.41, 5.74) is 0.688. The third-order valence-corrected chi connectivity index (χ3v) is 4.06. The zero-order chi connectivity index (χ0) is 14.5. The van der Waals surface area contributed by atoms with Crippen LogP contribution < -0.4 is 5.32 Å². The second kappa shape index (κ2) is 7.09. The van der Waals surface area contributed by atoms with Crippen molar-refractivity contribution in [2.75, 3.05) is 5.88 Å². The lowest BCUT2D eigenvalue weighted by Gasteiger charge is -2.15. The number of amides is 1. The lowest BCUT2D eigenvalue weighted by Crippen LogP contribution is -2.34. The second-order valence-electron chi connectivity index (χ2n) is 4.76. The molecule has 0 bridgehead atoms. The van der Waals surface area contributed by atoms with Gasteiger partial charge in [0.2, 0.25) is 0 Å². The SMILES string of the molecule is CCC(CCCl)NC(=O)c1ccc2cc(Br)ccc2c1. The zero-order valence-corrected chi connectivity index (χ0v) is 13.7. The average Bonchev–Trinajstić information content (AvgIpc) is 2.46. The molecule has 4 heteroatoms. The minimum absolute atomic E-state index is 0.0354. The van der Waals surface area contributed by atoms with E-state index in [1.807, 2.05) is 36.4 Å². The quantitative estimate of drug-likeness (QED) is 0.772. The van der Waals surface area contributed by atoms with E-state index in [1.165, 1.54) is 0 Å². The molecule has 0 aliphatic heterocycles. The Morgan fingerprint density at radius 3 is 2.65 bits per heavy atom. The van der Waals surface area contributed by atoms with Crippen LogP contribution >= 0.6 is 27.5 Å². The predicted octanol–water partition coefficient (Wildman–Crippen LogP) is 4.74. The van der Waals surface area contributed by atoms with Gasteiger partial charge in [0, 0.05) is 22.0 Å². The van der Waals surface area contributed by atoms with Gasteiger partial charge in [-0.3, -0.25) is 4.79 Å². The first-order chi connectivity index (χ1) is 9.63. The molecular formula is C16H17BrClNO. The van der Waals surface area contributed by atoms with Crippen molar-refractivity contribution in [2.45, 2.75) is 25.8 Å². The Morgan fingerprint density at radius 1 is 1.25 bits per heavy atom. The Morgan fingerprint density at radius 2 is 1.95 bits per heavy atom. The third-order valence-electron chi connectivity index (χ3n) is 3.35. The van der Waals surface area contributed by atoms with Crippen LogP contribution in [0.4, 0.5) is 0 Å². The molecule has 0 aliphatic carbocycles. The normalized spacial score (nSPS) is 12.3. The van der Waals surface area contributed by atoms with E-state index < -0.39 is 0 Å². The molecule has 0 radical (unpaired) electrons. The Labute approximate surface area is 132 Å². The van der Waals surface area contributed by atoms with Crippen molar-refractivity contribution in [1.82, 2.24) is 5.32 Å². The van der Waals surface area contributed by atoms with Gasteiger partial charge in [-0.1, -0.05) is 35.0 Å². The Bertz CT molecular complexity index is 614. The molecular weight excluding hydrogens is 338 g/mol. The highest BCUT2D eigenvalue weighted by Gasteiger charge is 2.12. The molecule has 1 atom stereocenters. The predicted molar refractivity (Wildman–Crippen MR) is 88.5 cm³/mol. The highest BCUT2D eigenvalue weighted by molar-refractivity contribution is 9.10. The van der Waals surface area contributed by atoms with Crippen LogP contribution in [0.3, 0.4) is 0 Å². The summed E-state index contributed by atoms with van der Waals surface area (Å²) in [6.07, 6.45) is 1.68. The summed E-state index contributed by atoms with van der Waals surface area (Å²) in [5.74, 6) is 0.525. The Balaban J connectivity index is 2.20. The molecule has 2 nitrogen and oxygen atoms in total. The van der Waals surface area contributed by atoms with E-state index in [9.17, 15) is 4.79 Å². The first-order valence-corrected chi connectivity index (χ1v) is 8.03. The number of rotatable bonds is 5. The van der Waals surface area contributed by atoms with Crippen molar-refractivity contribution in [1.29, 1.82) is 0 Å². The van der Waals surface area contributed by atoms with Crippen LogP contribution in [0.1, 0.15) is 30.1 Å². The number of carbonyl (C=O) groups is 1. The van der Waals surface area contributed by atoms with Gasteiger partial charge in [0.1, 0.15) is 0 Å². The van der Waals surface area contributed by atoms with Crippen molar-refractivity contribution in [3.05, 3.63) is 46.4 Å². The average molecular weight is 355 g/mol. The summed E-state index contributed by atoms with van der Waals surface area (Å²) in [6, 6.07) is 11.9. The summed E-state index contributed by atoms with van der Waals surface area (Å²) in [6.45, 7) is 2.05. The largest absolute Gasteiger partial charge is 0.349 e. The standard InChI is InChI=1S/C16H17BrClNO/c1-2-15(7-8-18)19-16(20)13-4-3-12-10-14(17)6-5-11(12)9-13/h3-6,9-10,15H,2,7-8H2,1H3,(H,19,20). The number of benzene rings is 2. The van der Waals surface area contributed by atoms with E-state index in [0.29, 0.717) is 11.4 Å². The van der Waals surface area contributed by atoms with E-state index in [0.717, 1.165) is 28.1 Å². The van der Waals surface area contributed by atoms with Gasteiger partial charge in [-0.25, -0.2) is 0 Å². The summed E-state index contributed by atoms with van der Waals surface area (Å²) in [5, 5.41) is 5.20. The highest BCUT2D eigenvalue weighted by atomic mass is 79.9. The Hall–Kier alpha value is -1.06. The first kappa shape index (κ1) is 15.3. The van der Waals surface area contributed by atoms with E-state index in [4.69, 9.17) is 11.6 Å². The number of hydrogen-bond acceptors (Lipinski definition) is 1. The summed E-state index contributed by atoms with van der Waals surface area (Å²) < 4.78 is 1.04. The molecule has 1 unspecified atom stereocenters. The van der Waals surface area contributed by atoms with Crippen LogP contribution in [-0.2, 0) is 0 Å². The fourth-order valence-corrected chi connectivity index (χ4v) is 2.78. The van der Waals surface area contributed by atoms with Crippen LogP contribution in [0.5, 0.6) is 0 Å². The van der Waals surface area contributed by atoms with E-state index in [2.05, 4.69) is 28.2 Å². The fourth-order valence-electron chi connectivity index (χ4n) is 2.14. The van der Waals surface area contributed by atoms with Gasteiger partial charge in [0.15, 0.2) is 0 Å². The van der Waals surface area contributed by atoms with Gasteiger partial charge in [0.25, 0.3) is 5.91 Å². The molecule has 2 aromatic rings. The van der Waals surface area contributed by atoms with Crippen molar-refractivity contribution in [2.24, 2.45) is 0 Å². The van der Waals surface area contributed by atoms with E-state index >= 15 is 0 Å². The lowest BCUT2D eigenvalue weighted by atomic mass is 10.1. The maximum atomic E-state index is 12.2. The van der Waals surface area contributed by atoms with Gasteiger partial charge >= 0.3 is 0 Å². The van der Waals surface area contributed by atoms with Crippen LogP contribution in [0.25, 0.3) is 10.8 Å². The second-order valence-corrected chi connectivity index (χ2v) is 6.06. The molecule has 1 amide bonds. The van der Waals surface area contributed by atoms with Gasteiger partial charge in [0.05, 0.1) is 0 Å². The molecule has 0 spiro atoms. The minimum atomic E-state index is -0.0354. The van der Waals surface area contributed by atoms with Crippen molar-refractivity contribution in [3.63, 3.8) is 0 Å². The monoisotopic (exact) mass is 353 g/mol. The summed E-state index contributed by atoms with van der Waals surface area (Å²) in [7, 11) is 0. The van der Waals surface area contributed by atoms with Gasteiger partial charge in [-0.2, -0.15) is 0 Å². The number of carbonyl (C=O) groups excluding carboxylic acids is 1. The lowest BCUT2D eigenvalue weighted by molar-refractivity contribution is 0.0935. The molecule has 0 fully saturated rings. The number of halogens is 2. The fraction of sp³-hybridized carbons (Fsp3) is 0.312. The van der Waals surface area contributed by atoms with E-state index in [1.54, 1.807) is 0 Å². The van der Waals surface area contributed by atoms with Crippen LogP contribution in [0.15, 0.2) is 40.9 Å². The third kappa shape index (κ3) is 3.74. The minimum Gasteiger partial charge on any atom is -0.349 e.